The quantitative estimate of drug-likeness (QED) is 0.334. The summed E-state index contributed by atoms with van der Waals surface area (Å²) in [5, 5.41) is 0. The van der Waals surface area contributed by atoms with Crippen LogP contribution in [0, 0.1) is 5.82 Å². The lowest BCUT2D eigenvalue weighted by molar-refractivity contribution is -0.141. The number of ketones is 1. The molecule has 0 aliphatic heterocycles. The monoisotopic (exact) mass is 220 g/mol. The molecule has 0 fully saturated rings. The molecule has 1 aromatic rings. The third-order valence-corrected chi connectivity index (χ3v) is 1.95. The average molecular weight is 220 g/mol. The minimum atomic E-state index is -1.36. The molecule has 0 saturated heterocycles. The molecule has 2 radical (unpaired) electrons. The summed E-state index contributed by atoms with van der Waals surface area (Å²) in [5.41, 5.74) is 0.182. The molecule has 0 saturated carbocycles. The normalized spacial score (nSPS) is 11.9. The van der Waals surface area contributed by atoms with E-state index in [1.165, 1.54) is 12.1 Å². The first-order valence-electron chi connectivity index (χ1n) is 4.78. The molecule has 1 atom stereocenters. The van der Waals surface area contributed by atoms with Crippen molar-refractivity contribution in [1.82, 2.24) is 0 Å². The van der Waals surface area contributed by atoms with E-state index >= 15 is 0 Å². The molecule has 0 aromatic heterocycles. The highest BCUT2D eigenvalue weighted by atomic mass is 19.1. The van der Waals surface area contributed by atoms with Crippen molar-refractivity contribution < 1.29 is 18.7 Å². The van der Waals surface area contributed by atoms with E-state index in [2.05, 4.69) is 4.74 Å². The third kappa shape index (κ3) is 2.92. The van der Waals surface area contributed by atoms with Crippen LogP contribution in [0.5, 0.6) is 0 Å². The predicted molar refractivity (Wildman–Crippen MR) is 56.9 cm³/mol. The molecule has 16 heavy (non-hydrogen) atoms. The summed E-state index contributed by atoms with van der Waals surface area (Å²) in [6.45, 7) is 1.77. The second-order valence-corrected chi connectivity index (χ2v) is 3.10. The number of rotatable bonds is 4. The van der Waals surface area contributed by atoms with Crippen molar-refractivity contribution in [2.45, 2.75) is 12.7 Å². The van der Waals surface area contributed by atoms with E-state index in [1.807, 2.05) is 0 Å². The molecule has 1 unspecified atom stereocenters. The first-order chi connectivity index (χ1) is 7.56. The Balaban J connectivity index is 2.78. The zero-order chi connectivity index (χ0) is 12.1. The second kappa shape index (κ2) is 5.44. The number of carbonyl (C=O) groups excluding carboxylic acids is 2. The van der Waals surface area contributed by atoms with Gasteiger partial charge < -0.3 is 4.74 Å². The molecule has 1 rings (SSSR count). The van der Waals surface area contributed by atoms with Gasteiger partial charge in [-0.3, -0.25) is 9.59 Å². The molecule has 1 aromatic carbocycles. The van der Waals surface area contributed by atoms with Gasteiger partial charge in [0.15, 0.2) is 5.78 Å². The Bertz CT molecular complexity index is 389. The van der Waals surface area contributed by atoms with Crippen molar-refractivity contribution in [3.63, 3.8) is 0 Å². The van der Waals surface area contributed by atoms with Crippen LogP contribution < -0.4 is 0 Å². The van der Waals surface area contributed by atoms with Crippen LogP contribution in [0.15, 0.2) is 24.3 Å². The largest absolute Gasteiger partial charge is 0.466 e. The van der Waals surface area contributed by atoms with Crippen LogP contribution in [0.25, 0.3) is 0 Å². The first-order valence-corrected chi connectivity index (χ1v) is 4.78. The molecular formula is C11H10BFO3. The Morgan fingerprint density at radius 2 is 1.94 bits per heavy atom. The maximum absolute atomic E-state index is 12.6. The molecule has 0 N–H and O–H groups in total. The molecule has 0 bridgehead atoms. The summed E-state index contributed by atoms with van der Waals surface area (Å²) in [5.74, 6) is -3.18. The van der Waals surface area contributed by atoms with Gasteiger partial charge >= 0.3 is 5.97 Å². The molecule has 82 valence electrons. The van der Waals surface area contributed by atoms with Gasteiger partial charge in [-0.2, -0.15) is 0 Å². The van der Waals surface area contributed by atoms with Crippen molar-refractivity contribution in [3.8, 4) is 0 Å². The summed E-state index contributed by atoms with van der Waals surface area (Å²) < 4.78 is 17.2. The van der Waals surface area contributed by atoms with Crippen molar-refractivity contribution in [3.05, 3.63) is 35.6 Å². The fraction of sp³-hybridized carbons (Fsp3) is 0.273. The van der Waals surface area contributed by atoms with Gasteiger partial charge in [0.05, 0.1) is 20.3 Å². The smallest absolute Gasteiger partial charge is 0.307 e. The molecule has 0 aliphatic rings. The lowest BCUT2D eigenvalue weighted by atomic mass is 9.81. The van der Waals surface area contributed by atoms with Crippen molar-refractivity contribution in [2.24, 2.45) is 0 Å². The lowest BCUT2D eigenvalue weighted by Gasteiger charge is -2.09. The summed E-state index contributed by atoms with van der Waals surface area (Å²) in [6.07, 6.45) is 0. The fourth-order valence-corrected chi connectivity index (χ4v) is 1.13. The van der Waals surface area contributed by atoms with Crippen LogP contribution in [0.1, 0.15) is 17.3 Å². The Morgan fingerprint density at radius 3 is 2.44 bits per heavy atom. The van der Waals surface area contributed by atoms with E-state index in [4.69, 9.17) is 7.85 Å². The highest BCUT2D eigenvalue weighted by Crippen LogP contribution is 2.13. The van der Waals surface area contributed by atoms with Gasteiger partial charge in [0.2, 0.25) is 0 Å². The minimum absolute atomic E-state index is 0.156. The molecule has 3 nitrogen and oxygen atoms in total. The zero-order valence-corrected chi connectivity index (χ0v) is 8.77. The van der Waals surface area contributed by atoms with E-state index in [-0.39, 0.29) is 12.2 Å². The topological polar surface area (TPSA) is 43.4 Å². The average Bonchev–Trinajstić information content (AvgIpc) is 2.28. The number of Topliss-reactive ketones (excluding diaryl/α,β-unsaturated/α-hetero) is 1. The lowest BCUT2D eigenvalue weighted by Crippen LogP contribution is -2.21. The van der Waals surface area contributed by atoms with Crippen molar-refractivity contribution >= 4 is 19.6 Å². The number of ether oxygens (including phenoxy) is 1. The maximum Gasteiger partial charge on any atom is 0.307 e. The first kappa shape index (κ1) is 12.4. The summed E-state index contributed by atoms with van der Waals surface area (Å²) in [7, 11) is 5.40. The van der Waals surface area contributed by atoms with E-state index in [0.717, 1.165) is 12.1 Å². The van der Waals surface area contributed by atoms with Gasteiger partial charge in [0.25, 0.3) is 0 Å². The Hall–Kier alpha value is -1.65. The Kier molecular flexibility index (Phi) is 4.23. The van der Waals surface area contributed by atoms with Crippen LogP contribution >= 0.6 is 0 Å². The van der Waals surface area contributed by atoms with Crippen molar-refractivity contribution in [2.75, 3.05) is 6.61 Å². The highest BCUT2D eigenvalue weighted by molar-refractivity contribution is 6.38. The molecule has 5 heteroatoms. The number of carbonyl (C=O) groups is 2. The predicted octanol–water partition coefficient (Wildman–Crippen LogP) is 1.53. The summed E-state index contributed by atoms with van der Waals surface area (Å²) in [4.78, 5) is 22.8. The minimum Gasteiger partial charge on any atom is -0.466 e. The molecule has 0 spiro atoms. The van der Waals surface area contributed by atoms with Crippen molar-refractivity contribution in [1.29, 1.82) is 0 Å². The van der Waals surface area contributed by atoms with Gasteiger partial charge in [0.1, 0.15) is 5.82 Å². The molecular weight excluding hydrogens is 210 g/mol. The van der Waals surface area contributed by atoms with E-state index in [0.29, 0.717) is 0 Å². The number of benzene rings is 1. The van der Waals surface area contributed by atoms with E-state index in [9.17, 15) is 14.0 Å². The Labute approximate surface area is 94.0 Å². The van der Waals surface area contributed by atoms with E-state index in [1.54, 1.807) is 6.92 Å². The van der Waals surface area contributed by atoms with Gasteiger partial charge in [-0.05, 0) is 31.2 Å². The molecule has 0 amide bonds. The van der Waals surface area contributed by atoms with Crippen LogP contribution in [-0.2, 0) is 9.53 Å². The number of hydrogen-bond acceptors (Lipinski definition) is 3. The number of esters is 1. The van der Waals surface area contributed by atoms with Gasteiger partial charge in [-0.25, -0.2) is 4.39 Å². The van der Waals surface area contributed by atoms with Gasteiger partial charge in [-0.1, -0.05) is 0 Å². The van der Waals surface area contributed by atoms with E-state index < -0.39 is 23.4 Å². The number of hydrogen-bond donors (Lipinski definition) is 0. The second-order valence-electron chi connectivity index (χ2n) is 3.10. The SMILES string of the molecule is [B]C(C(=O)OCC)C(=O)c1ccc(F)cc1. The van der Waals surface area contributed by atoms with Crippen LogP contribution in [-0.4, -0.2) is 26.2 Å². The van der Waals surface area contributed by atoms with Gasteiger partial charge in [-0.15, -0.1) is 0 Å². The molecule has 0 heterocycles. The summed E-state index contributed by atoms with van der Waals surface area (Å²) in [6, 6.07) is 4.81. The number of halogens is 1. The highest BCUT2D eigenvalue weighted by Gasteiger charge is 2.23. The third-order valence-electron chi connectivity index (χ3n) is 1.95. The zero-order valence-electron chi connectivity index (χ0n) is 8.77. The fourth-order valence-electron chi connectivity index (χ4n) is 1.13. The van der Waals surface area contributed by atoms with Crippen LogP contribution in [0.4, 0.5) is 4.39 Å². The van der Waals surface area contributed by atoms with Gasteiger partial charge in [0, 0.05) is 5.56 Å². The van der Waals surface area contributed by atoms with Crippen LogP contribution in [0.3, 0.4) is 0 Å². The molecule has 0 aliphatic carbocycles. The standard InChI is InChI=1S/C11H10BFO3/c1-2-16-11(15)9(12)10(14)7-3-5-8(13)6-4-7/h3-6,9H,2H2,1H3. The van der Waals surface area contributed by atoms with Crippen LogP contribution in [0.2, 0.25) is 5.82 Å². The maximum atomic E-state index is 12.6. The Morgan fingerprint density at radius 1 is 1.38 bits per heavy atom. The summed E-state index contributed by atoms with van der Waals surface area (Å²) >= 11 is 0.